The summed E-state index contributed by atoms with van der Waals surface area (Å²) in [5, 5.41) is 3.25. The third-order valence-electron chi connectivity index (χ3n) is 3.90. The number of piperidine rings is 3. The predicted octanol–water partition coefficient (Wildman–Crippen LogP) is 0.237. The van der Waals surface area contributed by atoms with E-state index in [1.165, 1.54) is 0 Å². The molecule has 0 aromatic heterocycles. The summed E-state index contributed by atoms with van der Waals surface area (Å²) < 4.78 is 5.24. The Morgan fingerprint density at radius 2 is 2.29 bits per heavy atom. The van der Waals surface area contributed by atoms with Gasteiger partial charge >= 0.3 is 5.97 Å². The summed E-state index contributed by atoms with van der Waals surface area (Å²) in [5.74, 6) is 2.79. The number of carbonyl (C=O) groups excluding carboxylic acids is 1. The Kier molecular flexibility index (Phi) is 3.70. The highest BCUT2D eigenvalue weighted by Gasteiger charge is 2.52. The quantitative estimate of drug-likeness (QED) is 0.561. The van der Waals surface area contributed by atoms with Crippen molar-refractivity contribution in [1.82, 2.24) is 10.2 Å². The molecule has 3 heterocycles. The summed E-state index contributed by atoms with van der Waals surface area (Å²) in [7, 11) is 0. The van der Waals surface area contributed by atoms with Gasteiger partial charge in [-0.1, -0.05) is 5.92 Å². The number of rotatable bonds is 4. The highest BCUT2D eigenvalue weighted by molar-refractivity contribution is 5.82. The van der Waals surface area contributed by atoms with Gasteiger partial charge in [0, 0.05) is 6.54 Å². The molecule has 0 amide bonds. The molecule has 4 heteroatoms. The van der Waals surface area contributed by atoms with Crippen molar-refractivity contribution in [3.63, 3.8) is 0 Å². The molecule has 0 saturated carbocycles. The van der Waals surface area contributed by atoms with Gasteiger partial charge in [-0.15, -0.1) is 6.42 Å². The maximum Gasteiger partial charge on any atom is 0.327 e. The lowest BCUT2D eigenvalue weighted by Crippen LogP contribution is -2.70. The van der Waals surface area contributed by atoms with Gasteiger partial charge in [-0.3, -0.25) is 5.32 Å². The zero-order chi connectivity index (χ0) is 12.3. The minimum absolute atomic E-state index is 0.135. The maximum atomic E-state index is 12.2. The highest BCUT2D eigenvalue weighted by atomic mass is 16.5. The van der Waals surface area contributed by atoms with E-state index in [4.69, 9.17) is 11.2 Å². The van der Waals surface area contributed by atoms with Gasteiger partial charge in [-0.05, 0) is 38.8 Å². The van der Waals surface area contributed by atoms with Crippen molar-refractivity contribution < 1.29 is 9.53 Å². The van der Waals surface area contributed by atoms with E-state index in [1.807, 2.05) is 6.92 Å². The van der Waals surface area contributed by atoms with Crippen LogP contribution in [0.25, 0.3) is 0 Å². The molecule has 0 aromatic carbocycles. The van der Waals surface area contributed by atoms with Crippen molar-refractivity contribution in [2.75, 3.05) is 32.8 Å². The number of terminal acetylenes is 1. The maximum absolute atomic E-state index is 12.2. The van der Waals surface area contributed by atoms with Crippen molar-refractivity contribution >= 4 is 5.97 Å². The lowest BCUT2D eigenvalue weighted by atomic mass is 9.72. The van der Waals surface area contributed by atoms with Gasteiger partial charge in [-0.2, -0.15) is 0 Å². The summed E-state index contributed by atoms with van der Waals surface area (Å²) in [6, 6.07) is 0. The summed E-state index contributed by atoms with van der Waals surface area (Å²) in [6.07, 6.45) is 7.40. The van der Waals surface area contributed by atoms with Crippen LogP contribution in [0.2, 0.25) is 0 Å². The van der Waals surface area contributed by atoms with Crippen LogP contribution in [-0.4, -0.2) is 49.2 Å². The minimum atomic E-state index is -0.571. The molecule has 0 spiro atoms. The first-order chi connectivity index (χ1) is 8.23. The molecule has 17 heavy (non-hydrogen) atoms. The topological polar surface area (TPSA) is 41.6 Å². The van der Waals surface area contributed by atoms with Crippen LogP contribution in [-0.2, 0) is 9.53 Å². The molecule has 94 valence electrons. The Hall–Kier alpha value is -1.05. The number of hydrogen-bond acceptors (Lipinski definition) is 4. The Bertz CT molecular complexity index is 329. The average molecular weight is 236 g/mol. The number of nitrogens with one attached hydrogen (secondary N) is 1. The SMILES string of the molecule is C#CCNC1(C(=O)OCC)CN2CCC1CC2. The van der Waals surface area contributed by atoms with E-state index in [9.17, 15) is 4.79 Å². The third-order valence-corrected chi connectivity index (χ3v) is 3.90. The monoisotopic (exact) mass is 236 g/mol. The largest absolute Gasteiger partial charge is 0.465 e. The second-order valence-corrected chi connectivity index (χ2v) is 4.80. The number of carbonyl (C=O) groups is 1. The van der Waals surface area contributed by atoms with Crippen molar-refractivity contribution in [3.05, 3.63) is 0 Å². The van der Waals surface area contributed by atoms with Crippen molar-refractivity contribution in [2.24, 2.45) is 5.92 Å². The van der Waals surface area contributed by atoms with E-state index in [0.717, 1.165) is 32.5 Å². The van der Waals surface area contributed by atoms with Crippen LogP contribution in [0.5, 0.6) is 0 Å². The van der Waals surface area contributed by atoms with Crippen LogP contribution >= 0.6 is 0 Å². The first-order valence-electron chi connectivity index (χ1n) is 6.31. The molecule has 3 fully saturated rings. The van der Waals surface area contributed by atoms with Crippen LogP contribution in [0.3, 0.4) is 0 Å². The standard InChI is InChI=1S/C13H20N2O2/c1-3-7-14-13(12(16)17-4-2)10-15-8-5-11(13)6-9-15/h1,11,14H,4-10H2,2H3. The fourth-order valence-electron chi connectivity index (χ4n) is 3.04. The molecule has 1 atom stereocenters. The Labute approximate surface area is 103 Å². The molecule has 3 aliphatic heterocycles. The number of ether oxygens (including phenoxy) is 1. The molecule has 3 saturated heterocycles. The van der Waals surface area contributed by atoms with E-state index < -0.39 is 5.54 Å². The van der Waals surface area contributed by atoms with Crippen LogP contribution in [0.4, 0.5) is 0 Å². The van der Waals surface area contributed by atoms with Gasteiger partial charge < -0.3 is 9.64 Å². The predicted molar refractivity (Wildman–Crippen MR) is 65.4 cm³/mol. The van der Waals surface area contributed by atoms with Gasteiger partial charge in [0.25, 0.3) is 0 Å². The average Bonchev–Trinajstić information content (AvgIpc) is 2.38. The van der Waals surface area contributed by atoms with Crippen LogP contribution in [0.1, 0.15) is 19.8 Å². The van der Waals surface area contributed by atoms with Crippen molar-refractivity contribution in [1.29, 1.82) is 0 Å². The molecule has 0 aliphatic carbocycles. The summed E-state index contributed by atoms with van der Waals surface area (Å²) in [5.41, 5.74) is -0.571. The zero-order valence-electron chi connectivity index (χ0n) is 10.4. The van der Waals surface area contributed by atoms with Gasteiger partial charge in [0.2, 0.25) is 0 Å². The van der Waals surface area contributed by atoms with Crippen LogP contribution in [0.15, 0.2) is 0 Å². The Morgan fingerprint density at radius 1 is 1.59 bits per heavy atom. The zero-order valence-corrected chi connectivity index (χ0v) is 10.4. The van der Waals surface area contributed by atoms with Crippen LogP contribution in [0, 0.1) is 18.3 Å². The van der Waals surface area contributed by atoms with Crippen molar-refractivity contribution in [3.8, 4) is 12.3 Å². The summed E-state index contributed by atoms with van der Waals surface area (Å²) in [6.45, 7) is 5.59. The number of fused-ring (bicyclic) bond motifs is 3. The summed E-state index contributed by atoms with van der Waals surface area (Å²) >= 11 is 0. The molecule has 3 rings (SSSR count). The second kappa shape index (κ2) is 5.07. The van der Waals surface area contributed by atoms with Crippen molar-refractivity contribution in [2.45, 2.75) is 25.3 Å². The van der Waals surface area contributed by atoms with E-state index >= 15 is 0 Å². The van der Waals surface area contributed by atoms with E-state index in [0.29, 0.717) is 19.1 Å². The Balaban J connectivity index is 2.18. The van der Waals surface area contributed by atoms with E-state index in [1.54, 1.807) is 0 Å². The third kappa shape index (κ3) is 2.18. The van der Waals surface area contributed by atoms with E-state index in [-0.39, 0.29) is 5.97 Å². The van der Waals surface area contributed by atoms with Gasteiger partial charge in [-0.25, -0.2) is 4.79 Å². The first-order valence-corrected chi connectivity index (χ1v) is 6.31. The highest BCUT2D eigenvalue weighted by Crippen LogP contribution is 2.36. The molecular weight excluding hydrogens is 216 g/mol. The number of nitrogens with zero attached hydrogens (tertiary/aromatic N) is 1. The molecular formula is C13H20N2O2. The molecule has 0 radical (unpaired) electrons. The van der Waals surface area contributed by atoms with Gasteiger partial charge in [0.15, 0.2) is 0 Å². The fourth-order valence-corrected chi connectivity index (χ4v) is 3.04. The molecule has 3 aliphatic rings. The number of hydrogen-bond donors (Lipinski definition) is 1. The molecule has 4 nitrogen and oxygen atoms in total. The van der Waals surface area contributed by atoms with Gasteiger partial charge in [0.05, 0.1) is 13.2 Å². The van der Waals surface area contributed by atoms with E-state index in [2.05, 4.69) is 16.1 Å². The molecule has 0 aromatic rings. The second-order valence-electron chi connectivity index (χ2n) is 4.80. The first kappa shape index (κ1) is 12.4. The Morgan fingerprint density at radius 3 is 2.76 bits per heavy atom. The van der Waals surface area contributed by atoms with Crippen LogP contribution < -0.4 is 5.32 Å². The lowest BCUT2D eigenvalue weighted by molar-refractivity contribution is -0.160. The lowest BCUT2D eigenvalue weighted by Gasteiger charge is -2.51. The molecule has 1 unspecified atom stereocenters. The molecule has 1 N–H and O–H groups in total. The minimum Gasteiger partial charge on any atom is -0.465 e. The summed E-state index contributed by atoms with van der Waals surface area (Å²) in [4.78, 5) is 14.6. The normalized spacial score (nSPS) is 35.3. The smallest absolute Gasteiger partial charge is 0.327 e. The molecule has 2 bridgehead atoms. The van der Waals surface area contributed by atoms with Gasteiger partial charge in [0.1, 0.15) is 5.54 Å². The fraction of sp³-hybridized carbons (Fsp3) is 0.769. The number of esters is 1.